The number of sulfonamides is 2. The summed E-state index contributed by atoms with van der Waals surface area (Å²) in [5.74, 6) is -0.0518. The zero-order valence-electron chi connectivity index (χ0n) is 58.2. The molecule has 9 rings (SSSR count). The normalized spacial score (nSPS) is 13.6. The molecule has 98 heavy (non-hydrogen) atoms. The minimum Gasteiger partial charge on any atom is -0.537 e. The number of rotatable bonds is 29. The molecule has 1 heterocycles. The standard InChI is InChI=1S/C75H90B2N7O10S2Si.CH4/c1-49(2)70(85)26-18-19-38-83(46-54-41-58(96(92,93)82(12)13)31-36-71(54)94-76-87)48-68-62-23-17-16-22-61(62)67(47-84(39-21-37-78-75(86)50(3)4)45-53-40-57(95(90,91)81(10)11)30-35-69(53)77(88)89)63-32-27-52(42-66(63)68)59-24-20-25-60(51(59)5)74-64-33-28-55(79(6)7)43-72(64)97(14,15)73-44-56(80(8)9)29-34-65(73)74;/h16-17,20,22-25,27-36,40-44,87-89H,1,3,18-19,21,26,37-39,45-48H2,2,4-15H3;1H4/p+1. The number of carbonyl (C=O) groups excluding carboxylic acids is 2. The fraction of sp³-hybridized carbons (Fsp3) is 0.329. The second kappa shape index (κ2) is 31.6. The zero-order chi connectivity index (χ0) is 70.6. The van der Waals surface area contributed by atoms with E-state index < -0.39 is 35.2 Å². The van der Waals surface area contributed by atoms with Crippen molar-refractivity contribution in [3.63, 3.8) is 0 Å². The van der Waals surface area contributed by atoms with Gasteiger partial charge in [-0.3, -0.25) is 19.4 Å². The third-order valence-electron chi connectivity index (χ3n) is 18.7. The van der Waals surface area contributed by atoms with E-state index >= 15 is 0 Å². The molecule has 1 aliphatic heterocycles. The van der Waals surface area contributed by atoms with Crippen LogP contribution in [0.4, 0.5) is 5.69 Å². The number of fused-ring (bicyclic) bond motifs is 4. The maximum atomic E-state index is 13.8. The predicted octanol–water partition coefficient (Wildman–Crippen LogP) is 9.64. The summed E-state index contributed by atoms with van der Waals surface area (Å²) < 4.78 is 65.2. The minimum absolute atomic E-state index is 0. The van der Waals surface area contributed by atoms with Crippen LogP contribution in [0.15, 0.2) is 178 Å². The smallest absolute Gasteiger partial charge is 0.537 e. The van der Waals surface area contributed by atoms with Gasteiger partial charge in [-0.05, 0) is 200 Å². The number of Topliss-reactive ketones (excluding diaryl/α,β-unsaturated/α-hetero) is 1. The first kappa shape index (κ1) is 75.9. The van der Waals surface area contributed by atoms with Crippen molar-refractivity contribution in [2.75, 3.05) is 80.9 Å². The molecule has 0 spiro atoms. The number of amides is 1. The Morgan fingerprint density at radius 2 is 1.26 bits per heavy atom. The van der Waals surface area contributed by atoms with E-state index in [2.05, 4.69) is 171 Å². The largest absolute Gasteiger partial charge is 0.569 e. The molecule has 17 nitrogen and oxygen atoms in total. The lowest BCUT2D eigenvalue weighted by Crippen LogP contribution is -2.49. The number of nitrogens with zero attached hydrogens (tertiary/aromatic N) is 6. The van der Waals surface area contributed by atoms with E-state index in [0.717, 1.165) is 74.9 Å². The number of nitrogens with one attached hydrogen (secondary N) is 1. The number of unbranched alkanes of at least 4 members (excludes halogenated alkanes) is 1. The van der Waals surface area contributed by atoms with Gasteiger partial charge in [0.15, 0.2) is 11.5 Å². The maximum absolute atomic E-state index is 13.8. The first-order chi connectivity index (χ1) is 45.9. The molecular weight excluding hydrogens is 1280 g/mol. The Kier molecular flexibility index (Phi) is 24.4. The summed E-state index contributed by atoms with van der Waals surface area (Å²) >= 11 is 0. The van der Waals surface area contributed by atoms with Gasteiger partial charge >= 0.3 is 14.8 Å². The van der Waals surface area contributed by atoms with Gasteiger partial charge in [0, 0.05) is 117 Å². The summed E-state index contributed by atoms with van der Waals surface area (Å²) in [6, 6.07) is 37.1. The molecule has 2 aliphatic rings. The van der Waals surface area contributed by atoms with Crippen LogP contribution in [-0.4, -0.2) is 171 Å². The van der Waals surface area contributed by atoms with Crippen molar-refractivity contribution in [3.8, 4) is 16.9 Å². The second-order valence-electron chi connectivity index (χ2n) is 26.8. The van der Waals surface area contributed by atoms with E-state index in [4.69, 9.17) is 4.65 Å². The molecule has 0 saturated carbocycles. The number of hydrogen-bond donors (Lipinski definition) is 4. The van der Waals surface area contributed by atoms with Crippen LogP contribution < -0.4 is 25.5 Å². The molecule has 0 unspecified atom stereocenters. The van der Waals surface area contributed by atoms with Crippen LogP contribution >= 0.6 is 0 Å². The van der Waals surface area contributed by atoms with Crippen LogP contribution in [0, 0.1) is 6.92 Å². The lowest BCUT2D eigenvalue weighted by atomic mass is 9.77. The Balaban J connectivity index is 0.0000122. The average Bonchev–Trinajstić information content (AvgIpc) is 0.721. The highest BCUT2D eigenvalue weighted by Gasteiger charge is 2.41. The third kappa shape index (κ3) is 16.2. The topological polar surface area (TPSA) is 204 Å². The van der Waals surface area contributed by atoms with Gasteiger partial charge < -0.3 is 29.9 Å². The number of carbonyl (C=O) groups is 2. The molecule has 7 aromatic carbocycles. The number of ketones is 1. The summed E-state index contributed by atoms with van der Waals surface area (Å²) in [6.45, 7) is 20.1. The number of benzene rings is 7. The molecule has 0 fully saturated rings. The summed E-state index contributed by atoms with van der Waals surface area (Å²) in [4.78, 5) is 32.4. The molecule has 515 valence electrons. The van der Waals surface area contributed by atoms with Crippen LogP contribution in [0.2, 0.25) is 13.1 Å². The highest BCUT2D eigenvalue weighted by atomic mass is 32.2. The molecule has 22 heteroatoms. The van der Waals surface area contributed by atoms with Crippen molar-refractivity contribution < 1.29 is 50.7 Å². The van der Waals surface area contributed by atoms with Crippen LogP contribution in [0.1, 0.15) is 85.9 Å². The van der Waals surface area contributed by atoms with Gasteiger partial charge in [-0.2, -0.15) is 0 Å². The van der Waals surface area contributed by atoms with Gasteiger partial charge in [-0.15, -0.1) is 0 Å². The molecule has 0 saturated heterocycles. The maximum Gasteiger partial charge on any atom is 0.569 e. The Bertz CT molecular complexity index is 4630. The summed E-state index contributed by atoms with van der Waals surface area (Å²) in [7, 11) is 2.64. The Morgan fingerprint density at radius 1 is 0.663 bits per heavy atom. The van der Waals surface area contributed by atoms with Crippen molar-refractivity contribution in [2.45, 2.75) is 103 Å². The lowest BCUT2D eigenvalue weighted by Gasteiger charge is -2.38. The summed E-state index contributed by atoms with van der Waals surface area (Å²) in [5, 5.41) is 41.2. The lowest BCUT2D eigenvalue weighted by molar-refractivity contribution is -0.462. The quantitative estimate of drug-likeness (QED) is 0.0114. The monoisotopic (exact) mass is 1380 g/mol. The first-order valence-corrected chi connectivity index (χ1v) is 38.5. The highest BCUT2D eigenvalue weighted by Crippen LogP contribution is 2.45. The Labute approximate surface area is 583 Å². The van der Waals surface area contributed by atoms with Gasteiger partial charge in [-0.1, -0.05) is 100 Å². The highest BCUT2D eigenvalue weighted by molar-refractivity contribution is 7.89. The molecule has 1 radical (unpaired) electrons. The van der Waals surface area contributed by atoms with Crippen molar-refractivity contribution in [3.05, 3.63) is 208 Å². The SMILES string of the molecule is C.C=C(C)C(=O)CCCCN(Cc1cc(S(=O)(=O)N(C)C)ccc1O[B]O)Cc1c2ccccc2c(CN(CCCNC(=O)C(=C)C)Cc2cc(S(=O)(=O)N(C)C)ccc2B(O)O)c2ccc(-c3cccc(C4=C5C=CC(=[N+](C)C)C=C5[Si](C)(C)c5cc(N(C)C)ccc54)c3C)cc12. The number of allylic oxidation sites excluding steroid dienone is 6. The van der Waals surface area contributed by atoms with Gasteiger partial charge in [0.05, 0.1) is 9.79 Å². The second-order valence-corrected chi connectivity index (χ2v) is 35.4. The molecule has 7 aromatic rings. The fourth-order valence-electron chi connectivity index (χ4n) is 13.2. The van der Waals surface area contributed by atoms with E-state index in [1.54, 1.807) is 26.0 Å². The predicted molar refractivity (Wildman–Crippen MR) is 404 cm³/mol. The van der Waals surface area contributed by atoms with E-state index in [1.807, 2.05) is 12.1 Å². The van der Waals surface area contributed by atoms with E-state index in [9.17, 15) is 41.5 Å². The molecule has 1 aliphatic carbocycles. The van der Waals surface area contributed by atoms with Crippen LogP contribution in [-0.2, 0) is 55.8 Å². The molecule has 1 amide bonds. The van der Waals surface area contributed by atoms with Gasteiger partial charge in [0.2, 0.25) is 26.0 Å². The molecule has 4 N–H and O–H groups in total. The Morgan fingerprint density at radius 3 is 1.85 bits per heavy atom. The average molecular weight is 1380 g/mol. The van der Waals surface area contributed by atoms with E-state index in [0.29, 0.717) is 81.8 Å². The molecule has 0 atom stereocenters. The fourth-order valence-corrected chi connectivity index (χ4v) is 18.1. The van der Waals surface area contributed by atoms with Gasteiger partial charge in [0.1, 0.15) is 27.9 Å². The molecule has 0 aromatic heterocycles. The minimum atomic E-state index is -3.96. The van der Waals surface area contributed by atoms with Crippen LogP contribution in [0.3, 0.4) is 0 Å². The number of anilines is 1. The van der Waals surface area contributed by atoms with Crippen LogP contribution in [0.25, 0.3) is 38.2 Å². The van der Waals surface area contributed by atoms with Crippen molar-refractivity contribution in [1.82, 2.24) is 23.7 Å². The van der Waals surface area contributed by atoms with Gasteiger partial charge in [0.25, 0.3) is 0 Å². The van der Waals surface area contributed by atoms with E-state index in [-0.39, 0.29) is 59.8 Å². The van der Waals surface area contributed by atoms with Crippen LogP contribution in [0.5, 0.6) is 5.75 Å². The van der Waals surface area contributed by atoms with Crippen molar-refractivity contribution in [2.24, 2.45) is 0 Å². The van der Waals surface area contributed by atoms with Gasteiger partial charge in [-0.25, -0.2) is 30.0 Å². The third-order valence-corrected chi connectivity index (χ3v) is 25.9. The first-order valence-electron chi connectivity index (χ1n) is 32.6. The number of hydrogen-bond acceptors (Lipinski definition) is 13. The molecule has 0 bridgehead atoms. The zero-order valence-corrected chi connectivity index (χ0v) is 60.9. The summed E-state index contributed by atoms with van der Waals surface area (Å²) in [6.07, 6.45) is 8.80. The van der Waals surface area contributed by atoms with Crippen molar-refractivity contribution >= 4 is 104 Å². The summed E-state index contributed by atoms with van der Waals surface area (Å²) in [5.41, 5.74) is 13.8. The van der Waals surface area contributed by atoms with E-state index in [1.165, 1.54) is 79.5 Å². The molecular formula is C76H95B2N7O10S2Si+. The van der Waals surface area contributed by atoms with Crippen molar-refractivity contribution in [1.29, 1.82) is 0 Å². The Hall–Kier alpha value is -7.86.